The van der Waals surface area contributed by atoms with E-state index in [0.717, 1.165) is 176 Å². The molecule has 10 heterocycles. The first-order valence-corrected chi connectivity index (χ1v) is 43.0. The molecule has 0 fully saturated rings. The first-order chi connectivity index (χ1) is 57.1. The number of aromatic nitrogens is 5. The molecule has 0 bridgehead atoms. The number of benzene rings is 10. The molecule has 10 aromatic carbocycles. The van der Waals surface area contributed by atoms with Gasteiger partial charge in [-0.1, -0.05) is 143 Å². The summed E-state index contributed by atoms with van der Waals surface area (Å²) in [5, 5.41) is 22.6. The lowest BCUT2D eigenvalue weighted by Gasteiger charge is -2.38. The van der Waals surface area contributed by atoms with Gasteiger partial charge in [0.1, 0.15) is 24.0 Å². The molecule has 20 rings (SSSR count). The van der Waals surface area contributed by atoms with Crippen molar-refractivity contribution in [3.63, 3.8) is 0 Å². The molecular weight excluding hydrogens is 1770 g/mol. The maximum atomic E-state index is 14.1. The van der Waals surface area contributed by atoms with Crippen LogP contribution >= 0.6 is 94.8 Å². The van der Waals surface area contributed by atoms with Crippen molar-refractivity contribution in [2.24, 2.45) is 0 Å². The largest absolute Gasteiger partial charge is 0.497 e. The summed E-state index contributed by atoms with van der Waals surface area (Å²) in [6.45, 7) is 8.31. The topological polar surface area (TPSA) is 169 Å². The SMILES string of the molecule is CC(C)NC(=S)N1CCc2c([nH]c3ccc(Br)cc23)C1c1cccc(Cl)c1.COCC(=O)N1CCc2c([nH]c3ccc(Br)cc23)C1c1ccc(OC)cc1.Fc1ccc(C2NCCc3c2[nH]c2ccc(Br)cc32)cc1F.Fc1cccc(C2NCCc3c2[nH]c2ccc(Cl)cc32)c1.Fc1ccccc1C1NCCc2c1[nH]c1ccc(Cl)cc21. The highest BCUT2D eigenvalue weighted by Gasteiger charge is 2.37. The molecule has 5 aliphatic rings. The third-order valence-corrected chi connectivity index (χ3v) is 25.0. The van der Waals surface area contributed by atoms with Crippen LogP contribution in [0.15, 0.2) is 220 Å². The number of fused-ring (bicyclic) bond motifs is 15. The summed E-state index contributed by atoms with van der Waals surface area (Å²) in [4.78, 5) is 34.5. The van der Waals surface area contributed by atoms with E-state index >= 15 is 0 Å². The lowest BCUT2D eigenvalue weighted by atomic mass is 9.92. The van der Waals surface area contributed by atoms with Crippen LogP contribution in [0.2, 0.25) is 15.1 Å². The van der Waals surface area contributed by atoms with Gasteiger partial charge in [0.15, 0.2) is 16.7 Å². The third-order valence-electron chi connectivity index (χ3n) is 22.5. The number of amides is 1. The highest BCUT2D eigenvalue weighted by atomic mass is 79.9. The van der Waals surface area contributed by atoms with Crippen LogP contribution in [0.5, 0.6) is 5.75 Å². The van der Waals surface area contributed by atoms with Crippen LogP contribution in [-0.4, -0.2) is 105 Å². The van der Waals surface area contributed by atoms with Gasteiger partial charge in [-0.2, -0.15) is 0 Å². The van der Waals surface area contributed by atoms with Crippen LogP contribution < -0.4 is 26.0 Å². The number of nitrogens with zero attached hydrogens (tertiary/aromatic N) is 2. The van der Waals surface area contributed by atoms with Crippen molar-refractivity contribution >= 4 is 160 Å². The van der Waals surface area contributed by atoms with E-state index in [1.54, 1.807) is 38.5 Å². The Kier molecular flexibility index (Phi) is 25.1. The Hall–Kier alpha value is -9.27. The molecule has 5 aromatic heterocycles. The maximum absolute atomic E-state index is 14.1. The van der Waals surface area contributed by atoms with Crippen molar-refractivity contribution in [2.75, 3.05) is 53.6 Å². The highest BCUT2D eigenvalue weighted by Crippen LogP contribution is 2.44. The highest BCUT2D eigenvalue weighted by molar-refractivity contribution is 9.11. The molecule has 5 atom stereocenters. The number of methoxy groups -OCH3 is 2. The fraction of sp³-hybridized carbons (Fsp3) is 0.226. The molecule has 0 saturated carbocycles. The van der Waals surface area contributed by atoms with E-state index in [-0.39, 0.29) is 60.4 Å². The Morgan fingerprint density at radius 3 is 1.39 bits per heavy atom. The lowest BCUT2D eigenvalue weighted by Crippen LogP contribution is -2.47. The van der Waals surface area contributed by atoms with Crippen LogP contribution in [-0.2, 0) is 41.6 Å². The summed E-state index contributed by atoms with van der Waals surface area (Å²) >= 11 is 35.0. The normalized spacial score (nSPS) is 17.2. The predicted molar refractivity (Wildman–Crippen MR) is 481 cm³/mol. The Balaban J connectivity index is 0.000000111. The molecule has 15 aromatic rings. The van der Waals surface area contributed by atoms with Gasteiger partial charge in [0.25, 0.3) is 0 Å². The maximum Gasteiger partial charge on any atom is 0.249 e. The number of hydrogen-bond donors (Lipinski definition) is 9. The second kappa shape index (κ2) is 36.0. The lowest BCUT2D eigenvalue weighted by molar-refractivity contribution is -0.137. The molecule has 118 heavy (non-hydrogen) atoms. The summed E-state index contributed by atoms with van der Waals surface area (Å²) in [6.07, 6.45) is 4.53. The second-order valence-corrected chi connectivity index (χ2v) is 34.6. The van der Waals surface area contributed by atoms with Crippen LogP contribution in [0, 0.1) is 23.3 Å². The Bertz CT molecular complexity index is 6270. The average molecular weight is 1860 g/mol. The molecule has 5 unspecified atom stereocenters. The van der Waals surface area contributed by atoms with Crippen LogP contribution in [0.3, 0.4) is 0 Å². The summed E-state index contributed by atoms with van der Waals surface area (Å²) in [5.41, 5.74) is 21.8. The van der Waals surface area contributed by atoms with Crippen LogP contribution in [0.4, 0.5) is 17.6 Å². The van der Waals surface area contributed by atoms with Gasteiger partial charge in [0, 0.05) is 163 Å². The molecule has 0 aliphatic carbocycles. The predicted octanol–water partition coefficient (Wildman–Crippen LogP) is 22.7. The van der Waals surface area contributed by atoms with Gasteiger partial charge < -0.3 is 65.5 Å². The van der Waals surface area contributed by atoms with E-state index < -0.39 is 11.6 Å². The summed E-state index contributed by atoms with van der Waals surface area (Å²) < 4.78 is 67.9. The van der Waals surface area contributed by atoms with E-state index in [2.05, 4.69) is 155 Å². The van der Waals surface area contributed by atoms with Crippen molar-refractivity contribution in [3.8, 4) is 5.75 Å². The molecule has 604 valence electrons. The van der Waals surface area contributed by atoms with E-state index in [1.165, 1.54) is 79.3 Å². The van der Waals surface area contributed by atoms with E-state index in [9.17, 15) is 22.4 Å². The first kappa shape index (κ1) is 82.4. The zero-order chi connectivity index (χ0) is 82.2. The number of halogens is 10. The smallest absolute Gasteiger partial charge is 0.249 e. The molecule has 5 aliphatic heterocycles. The number of rotatable bonds is 9. The molecule has 1 amide bonds. The van der Waals surface area contributed by atoms with Crippen molar-refractivity contribution in [2.45, 2.75) is 82.2 Å². The molecule has 14 nitrogen and oxygen atoms in total. The monoisotopic (exact) mass is 1850 g/mol. The van der Waals surface area contributed by atoms with Gasteiger partial charge in [-0.15, -0.1) is 0 Å². The number of thiocarbonyl (C=S) groups is 1. The number of hydrogen-bond acceptors (Lipinski definition) is 7. The van der Waals surface area contributed by atoms with Gasteiger partial charge >= 0.3 is 0 Å². The fourth-order valence-corrected chi connectivity index (χ4v) is 19.3. The number of aromatic amines is 5. The van der Waals surface area contributed by atoms with Gasteiger partial charge in [-0.25, -0.2) is 17.6 Å². The minimum absolute atomic E-state index is 0.00405. The van der Waals surface area contributed by atoms with Crippen molar-refractivity contribution < 1.29 is 31.8 Å². The molecule has 0 radical (unpaired) electrons. The molecule has 0 saturated heterocycles. The number of H-pyrrole nitrogens is 5. The van der Waals surface area contributed by atoms with Crippen molar-refractivity contribution in [3.05, 3.63) is 342 Å². The second-order valence-electron chi connectivity index (χ2n) is 30.1. The summed E-state index contributed by atoms with van der Waals surface area (Å²) in [7, 11) is 3.20. The van der Waals surface area contributed by atoms with Gasteiger partial charge in [0.05, 0.1) is 37.3 Å². The number of carbonyl (C=O) groups is 1. The molecule has 0 spiro atoms. The van der Waals surface area contributed by atoms with Crippen molar-refractivity contribution in [1.82, 2.24) is 56.0 Å². The third kappa shape index (κ3) is 17.3. The molecule has 25 heteroatoms. The number of carbonyl (C=O) groups excluding carboxylic acids is 1. The van der Waals surface area contributed by atoms with Crippen LogP contribution in [0.1, 0.15) is 128 Å². The molecule has 9 N–H and O–H groups in total. The number of nitrogens with one attached hydrogen (secondary N) is 9. The van der Waals surface area contributed by atoms with Crippen LogP contribution in [0.25, 0.3) is 54.5 Å². The average Bonchev–Trinajstić information content (AvgIpc) is 1.55. The zero-order valence-electron chi connectivity index (χ0n) is 64.7. The van der Waals surface area contributed by atoms with Gasteiger partial charge in [-0.3, -0.25) is 4.79 Å². The Morgan fingerprint density at radius 2 is 0.890 bits per heavy atom. The summed E-state index contributed by atoms with van der Waals surface area (Å²) in [6, 6.07) is 64.0. The van der Waals surface area contributed by atoms with E-state index in [1.807, 2.05) is 120 Å². The minimum Gasteiger partial charge on any atom is -0.497 e. The Morgan fingerprint density at radius 1 is 0.449 bits per heavy atom. The minimum atomic E-state index is -0.819. The fourth-order valence-electron chi connectivity index (χ4n) is 17.2. The van der Waals surface area contributed by atoms with Gasteiger partial charge in [0.2, 0.25) is 5.91 Å². The standard InChI is InChI=1S/C21H21BrClN3S.C21H21BrN2O3.C17H13BrF2N2.2C17H14ClFN2/c1-12(2)24-21(27)26-9-8-16-17-11-14(22)6-7-18(17)25-19(16)20(26)13-4-3-5-15(23)10-13;1-26-12-19(25)24-10-9-16-17-11-14(22)5-8-18(17)23-20(16)21(24)13-3-6-15(27-2)7-4-13;18-10-2-4-15-12(8-10)11-5-6-21-16(17(11)22-15)9-1-3-13(19)14(20)7-9;18-11-4-5-15-14(9-11)13-6-7-20-16(17(13)21-15)10-2-1-3-12(19)8-10;18-10-5-6-15-13(9-10)11-7-8-20-16(17(11)21-15)12-3-1-2-4-14(12)19/h3-7,10-12,20,25H,8-9H2,1-2H3,(H,24,27);3-8,11,21,23H,9-10,12H2,1-2H3;1-4,7-8,16,21-22H,5-6H2;1-5,8-9,16,20-21H,6-7H2;1-6,9,16,20-21H,7-8H2. The van der Waals surface area contributed by atoms with E-state index in [4.69, 9.17) is 56.5 Å². The van der Waals surface area contributed by atoms with Crippen molar-refractivity contribution in [1.29, 1.82) is 0 Å². The van der Waals surface area contributed by atoms with Gasteiger partial charge in [-0.05, 0) is 254 Å². The first-order valence-electron chi connectivity index (χ1n) is 39.1. The Labute approximate surface area is 725 Å². The molecular formula is C93H83Br3Cl3F4N11O3S. The zero-order valence-corrected chi connectivity index (χ0v) is 72.5. The summed E-state index contributed by atoms with van der Waals surface area (Å²) in [5.74, 6) is -1.24. The number of ether oxygens (including phenoxy) is 2. The quantitative estimate of drug-likeness (QED) is 0.0504. The van der Waals surface area contributed by atoms with E-state index in [0.29, 0.717) is 12.1 Å².